The maximum absolute atomic E-state index is 4.59. The minimum Gasteiger partial charge on any atom is -0.256 e. The maximum Gasteiger partial charge on any atom is 0.0708 e. The van der Waals surface area contributed by atoms with Crippen molar-refractivity contribution in [1.82, 2.24) is 9.97 Å². The van der Waals surface area contributed by atoms with Crippen molar-refractivity contribution in [1.29, 1.82) is 0 Å². The highest BCUT2D eigenvalue weighted by molar-refractivity contribution is 6.06. The molecular formula is C33H30N2. The zero-order chi connectivity index (χ0) is 23.5. The van der Waals surface area contributed by atoms with Gasteiger partial charge in [-0.2, -0.15) is 0 Å². The highest BCUT2D eigenvalue weighted by Gasteiger charge is 2.05. The highest BCUT2D eigenvalue weighted by Crippen LogP contribution is 2.26. The van der Waals surface area contributed by atoms with Gasteiger partial charge in [-0.1, -0.05) is 92.1 Å². The van der Waals surface area contributed by atoms with Gasteiger partial charge in [-0.3, -0.25) is 9.97 Å². The first-order chi connectivity index (χ1) is 17.3. The summed E-state index contributed by atoms with van der Waals surface area (Å²) in [5, 5.41) is 7.62. The Kier molecular flexibility index (Phi) is 6.11. The number of hydrogen-bond acceptors (Lipinski definition) is 2. The zero-order valence-corrected chi connectivity index (χ0v) is 20.1. The fourth-order valence-electron chi connectivity index (χ4n) is 5.30. The quantitative estimate of drug-likeness (QED) is 0.170. The van der Waals surface area contributed by atoms with E-state index in [0.29, 0.717) is 0 Å². The van der Waals surface area contributed by atoms with Gasteiger partial charge in [0.15, 0.2) is 0 Å². The lowest BCUT2D eigenvalue weighted by Gasteiger charge is -2.08. The van der Waals surface area contributed by atoms with Crippen molar-refractivity contribution in [2.24, 2.45) is 0 Å². The Hall–Kier alpha value is -3.78. The number of hydrogen-bond donors (Lipinski definition) is 0. The highest BCUT2D eigenvalue weighted by atomic mass is 14.7. The second-order valence-corrected chi connectivity index (χ2v) is 9.66. The van der Waals surface area contributed by atoms with Gasteiger partial charge in [0.2, 0.25) is 0 Å². The molecule has 0 N–H and O–H groups in total. The molecule has 0 saturated heterocycles. The summed E-state index contributed by atoms with van der Waals surface area (Å²) in [6.45, 7) is 0. The van der Waals surface area contributed by atoms with Crippen molar-refractivity contribution < 1.29 is 0 Å². The summed E-state index contributed by atoms with van der Waals surface area (Å²) in [6.07, 6.45) is 12.7. The number of nitrogens with zero attached hydrogens (tertiary/aromatic N) is 2. The molecule has 172 valence electrons. The molecule has 0 radical (unpaired) electrons. The molecule has 6 aromatic rings. The van der Waals surface area contributed by atoms with E-state index in [1.165, 1.54) is 75.5 Å². The minimum absolute atomic E-state index is 1.08. The lowest BCUT2D eigenvalue weighted by atomic mass is 9.99. The third kappa shape index (κ3) is 4.61. The Morgan fingerprint density at radius 3 is 1.40 bits per heavy atom. The summed E-state index contributed by atoms with van der Waals surface area (Å²) in [5.74, 6) is 0. The first-order valence-electron chi connectivity index (χ1n) is 12.9. The van der Waals surface area contributed by atoms with Gasteiger partial charge < -0.3 is 0 Å². The average molecular weight is 455 g/mol. The molecular weight excluding hydrogens is 424 g/mol. The number of benzene rings is 4. The van der Waals surface area contributed by atoms with Crippen LogP contribution in [-0.4, -0.2) is 9.97 Å². The fourth-order valence-corrected chi connectivity index (χ4v) is 5.30. The van der Waals surface area contributed by atoms with E-state index in [-0.39, 0.29) is 0 Å². The second kappa shape index (κ2) is 9.84. The van der Waals surface area contributed by atoms with Gasteiger partial charge in [-0.15, -0.1) is 0 Å². The molecule has 2 heteroatoms. The van der Waals surface area contributed by atoms with Crippen LogP contribution >= 0.6 is 0 Å². The number of fused-ring (bicyclic) bond motifs is 6. The summed E-state index contributed by atoms with van der Waals surface area (Å²) < 4.78 is 0. The van der Waals surface area contributed by atoms with E-state index < -0.39 is 0 Å². The number of aryl methyl sites for hydroxylation is 2. The van der Waals surface area contributed by atoms with E-state index in [1.807, 2.05) is 12.4 Å². The molecule has 35 heavy (non-hydrogen) atoms. The Labute approximate surface area is 206 Å². The van der Waals surface area contributed by atoms with Crippen LogP contribution < -0.4 is 0 Å². The van der Waals surface area contributed by atoms with Crippen LogP contribution in [0.5, 0.6) is 0 Å². The Bertz CT molecular complexity index is 1510. The summed E-state index contributed by atoms with van der Waals surface area (Å²) in [7, 11) is 0. The van der Waals surface area contributed by atoms with E-state index in [1.54, 1.807) is 0 Å². The van der Waals surface area contributed by atoms with E-state index in [4.69, 9.17) is 0 Å². The van der Waals surface area contributed by atoms with E-state index in [0.717, 1.165) is 23.9 Å². The van der Waals surface area contributed by atoms with Gasteiger partial charge in [-0.05, 0) is 59.7 Å². The molecule has 0 amide bonds. The van der Waals surface area contributed by atoms with Crippen molar-refractivity contribution in [3.8, 4) is 0 Å². The number of para-hydroxylation sites is 2. The van der Waals surface area contributed by atoms with Crippen LogP contribution in [0, 0.1) is 0 Å². The lowest BCUT2D eigenvalue weighted by molar-refractivity contribution is 0.614. The predicted octanol–water partition coefficient (Wildman–Crippen LogP) is 8.83. The van der Waals surface area contributed by atoms with Gasteiger partial charge >= 0.3 is 0 Å². The first kappa shape index (κ1) is 21.7. The Morgan fingerprint density at radius 2 is 0.886 bits per heavy atom. The summed E-state index contributed by atoms with van der Waals surface area (Å²) in [5.41, 5.74) is 5.03. The smallest absolute Gasteiger partial charge is 0.0708 e. The molecule has 0 aliphatic rings. The molecule has 0 aliphatic heterocycles. The number of pyridine rings is 2. The molecule has 6 rings (SSSR count). The third-order valence-corrected chi connectivity index (χ3v) is 7.24. The molecule has 2 aromatic heterocycles. The van der Waals surface area contributed by atoms with Gasteiger partial charge in [0, 0.05) is 33.9 Å². The molecule has 0 atom stereocenters. The van der Waals surface area contributed by atoms with Crippen LogP contribution in [0.15, 0.2) is 97.3 Å². The molecule has 4 aromatic carbocycles. The minimum atomic E-state index is 1.08. The molecule has 0 unspecified atom stereocenters. The number of rotatable bonds is 8. The average Bonchev–Trinajstić information content (AvgIpc) is 2.92. The summed E-state index contributed by atoms with van der Waals surface area (Å²) >= 11 is 0. The molecule has 0 bridgehead atoms. The molecule has 0 saturated carbocycles. The normalized spacial score (nSPS) is 11.7. The Balaban J connectivity index is 1.01. The predicted molar refractivity (Wildman–Crippen MR) is 149 cm³/mol. The molecule has 0 aliphatic carbocycles. The van der Waals surface area contributed by atoms with Gasteiger partial charge in [-0.25, -0.2) is 0 Å². The van der Waals surface area contributed by atoms with Gasteiger partial charge in [0.1, 0.15) is 0 Å². The monoisotopic (exact) mass is 454 g/mol. The van der Waals surface area contributed by atoms with Crippen LogP contribution in [0.25, 0.3) is 43.4 Å². The lowest BCUT2D eigenvalue weighted by Crippen LogP contribution is -1.90. The standard InChI is InChI=1S/C33H30N2/c1(2-4-10-24-16-18-26-22-34-32-14-8-6-12-28(32)30(26)20-24)3-5-11-25-17-19-27-23-35-33-15-9-7-13-29(33)31(27)21-25/h6-9,12-23H,1-5,10-11H2. The number of unbranched alkanes of at least 4 members (excludes halogenated alkanes) is 4. The molecule has 0 spiro atoms. The van der Waals surface area contributed by atoms with Crippen molar-refractivity contribution in [3.63, 3.8) is 0 Å². The Morgan fingerprint density at radius 1 is 0.429 bits per heavy atom. The third-order valence-electron chi connectivity index (χ3n) is 7.24. The molecule has 0 fully saturated rings. The van der Waals surface area contributed by atoms with Crippen LogP contribution in [0.1, 0.15) is 43.2 Å². The zero-order valence-electron chi connectivity index (χ0n) is 20.1. The maximum atomic E-state index is 4.59. The van der Waals surface area contributed by atoms with Crippen LogP contribution in [-0.2, 0) is 12.8 Å². The number of aromatic nitrogens is 2. The van der Waals surface area contributed by atoms with Gasteiger partial charge in [0.05, 0.1) is 11.0 Å². The van der Waals surface area contributed by atoms with E-state index in [2.05, 4.69) is 94.9 Å². The largest absolute Gasteiger partial charge is 0.256 e. The van der Waals surface area contributed by atoms with Crippen LogP contribution in [0.2, 0.25) is 0 Å². The molecule has 2 heterocycles. The van der Waals surface area contributed by atoms with Crippen molar-refractivity contribution in [2.45, 2.75) is 44.9 Å². The van der Waals surface area contributed by atoms with Crippen molar-refractivity contribution >= 4 is 43.4 Å². The second-order valence-electron chi connectivity index (χ2n) is 9.66. The van der Waals surface area contributed by atoms with E-state index in [9.17, 15) is 0 Å². The van der Waals surface area contributed by atoms with Gasteiger partial charge in [0.25, 0.3) is 0 Å². The first-order valence-corrected chi connectivity index (χ1v) is 12.9. The van der Waals surface area contributed by atoms with Crippen molar-refractivity contribution in [3.05, 3.63) is 108 Å². The van der Waals surface area contributed by atoms with Crippen LogP contribution in [0.3, 0.4) is 0 Å². The van der Waals surface area contributed by atoms with Crippen LogP contribution in [0.4, 0.5) is 0 Å². The fraction of sp³-hybridized carbons (Fsp3) is 0.212. The summed E-state index contributed by atoms with van der Waals surface area (Å²) in [4.78, 5) is 9.18. The molecule has 2 nitrogen and oxygen atoms in total. The topological polar surface area (TPSA) is 25.8 Å². The summed E-state index contributed by atoms with van der Waals surface area (Å²) in [6, 6.07) is 30.6. The van der Waals surface area contributed by atoms with E-state index >= 15 is 0 Å². The SMILES string of the molecule is c1ccc2c(c1)ncc1ccc(CCCCCCCc3ccc4cnc5ccccc5c4c3)cc12. The van der Waals surface area contributed by atoms with Crippen molar-refractivity contribution in [2.75, 3.05) is 0 Å².